The third kappa shape index (κ3) is 11.1. The summed E-state index contributed by atoms with van der Waals surface area (Å²) >= 11 is 0. The molecule has 0 aliphatic rings. The van der Waals surface area contributed by atoms with Crippen molar-refractivity contribution in [1.82, 2.24) is 0 Å². The van der Waals surface area contributed by atoms with Crippen LogP contribution in [0.1, 0.15) is 6.92 Å². The van der Waals surface area contributed by atoms with E-state index in [1.165, 1.54) is 14.0 Å². The average Bonchev–Trinajstić information content (AvgIpc) is 2.60. The molecule has 0 bridgehead atoms. The number of benzene rings is 1. The zero-order valence-electron chi connectivity index (χ0n) is 14.6. The van der Waals surface area contributed by atoms with Crippen LogP contribution < -0.4 is 10.1 Å². The highest BCUT2D eigenvalue weighted by atomic mass is 16.6. The molecule has 1 aromatic carbocycles. The maximum absolute atomic E-state index is 10.9. The van der Waals surface area contributed by atoms with Crippen LogP contribution in [-0.4, -0.2) is 65.2 Å². The topological polar surface area (TPSA) is 92.3 Å². The number of nitrogens with one attached hydrogen (secondary N) is 1. The minimum atomic E-state index is -0.409. The van der Waals surface area contributed by atoms with Gasteiger partial charge in [0.15, 0.2) is 0 Å². The van der Waals surface area contributed by atoms with Crippen molar-refractivity contribution >= 4 is 17.6 Å². The highest BCUT2D eigenvalue weighted by Crippen LogP contribution is 2.15. The molecule has 0 radical (unpaired) electrons. The molecule has 0 aliphatic heterocycles. The molecule has 0 aliphatic carbocycles. The van der Waals surface area contributed by atoms with E-state index in [1.807, 2.05) is 0 Å². The summed E-state index contributed by atoms with van der Waals surface area (Å²) in [5.41, 5.74) is 0.726. The third-order valence-electron chi connectivity index (χ3n) is 2.86. The van der Waals surface area contributed by atoms with E-state index in [9.17, 15) is 9.59 Å². The lowest BCUT2D eigenvalue weighted by molar-refractivity contribution is -0.146. The molecular formula is C17H25NO7. The third-order valence-corrected chi connectivity index (χ3v) is 2.86. The first kappa shape index (κ1) is 20.9. The molecule has 1 rings (SSSR count). The fraction of sp³-hybridized carbons (Fsp3) is 0.529. The van der Waals surface area contributed by atoms with Crippen molar-refractivity contribution in [2.75, 3.05) is 58.7 Å². The summed E-state index contributed by atoms with van der Waals surface area (Å²) in [4.78, 5) is 21.7. The quantitative estimate of drug-likeness (QED) is 0.420. The molecule has 0 atom stereocenters. The van der Waals surface area contributed by atoms with Gasteiger partial charge in [-0.05, 0) is 24.3 Å². The molecule has 1 amide bonds. The van der Waals surface area contributed by atoms with E-state index < -0.39 is 5.97 Å². The Hall–Kier alpha value is -2.16. The maximum Gasteiger partial charge on any atom is 0.331 e. The number of hydrogen-bond acceptors (Lipinski definition) is 7. The van der Waals surface area contributed by atoms with Crippen LogP contribution in [0.25, 0.3) is 0 Å². The van der Waals surface area contributed by atoms with Crippen molar-refractivity contribution in [3.63, 3.8) is 0 Å². The molecule has 25 heavy (non-hydrogen) atoms. The molecule has 0 aromatic heterocycles. The van der Waals surface area contributed by atoms with E-state index in [0.717, 1.165) is 5.69 Å². The fourth-order valence-electron chi connectivity index (χ4n) is 1.71. The van der Waals surface area contributed by atoms with Gasteiger partial charge in [0.05, 0.1) is 40.1 Å². The lowest BCUT2D eigenvalue weighted by atomic mass is 10.3. The Kier molecular flexibility index (Phi) is 11.0. The summed E-state index contributed by atoms with van der Waals surface area (Å²) in [5, 5.41) is 2.68. The highest BCUT2D eigenvalue weighted by Gasteiger charge is 1.99. The van der Waals surface area contributed by atoms with Crippen molar-refractivity contribution in [2.24, 2.45) is 0 Å². The highest BCUT2D eigenvalue weighted by molar-refractivity contribution is 5.88. The SMILES string of the molecule is COC(=O)COCCOCCOCCOc1ccc(NC(C)=O)cc1. The van der Waals surface area contributed by atoms with Gasteiger partial charge in [0.1, 0.15) is 19.0 Å². The van der Waals surface area contributed by atoms with Crippen LogP contribution in [0.2, 0.25) is 0 Å². The predicted octanol–water partition coefficient (Wildman–Crippen LogP) is 1.25. The van der Waals surface area contributed by atoms with Gasteiger partial charge < -0.3 is 29.0 Å². The van der Waals surface area contributed by atoms with Crippen LogP contribution in [0.3, 0.4) is 0 Å². The molecule has 0 saturated heterocycles. The number of carbonyl (C=O) groups excluding carboxylic acids is 2. The van der Waals surface area contributed by atoms with Gasteiger partial charge in [-0.15, -0.1) is 0 Å². The summed E-state index contributed by atoms with van der Waals surface area (Å²) < 4.78 is 25.6. The zero-order chi connectivity index (χ0) is 18.3. The molecule has 8 heteroatoms. The van der Waals surface area contributed by atoms with Gasteiger partial charge in [-0.1, -0.05) is 0 Å². The van der Waals surface area contributed by atoms with Gasteiger partial charge in [0.2, 0.25) is 5.91 Å². The van der Waals surface area contributed by atoms with Gasteiger partial charge in [-0.3, -0.25) is 4.79 Å². The molecule has 0 unspecified atom stereocenters. The Bertz CT molecular complexity index is 504. The van der Waals surface area contributed by atoms with E-state index in [2.05, 4.69) is 10.1 Å². The average molecular weight is 355 g/mol. The van der Waals surface area contributed by atoms with Crippen molar-refractivity contribution in [2.45, 2.75) is 6.92 Å². The van der Waals surface area contributed by atoms with E-state index in [0.29, 0.717) is 45.4 Å². The first-order valence-electron chi connectivity index (χ1n) is 7.92. The number of anilines is 1. The minimum Gasteiger partial charge on any atom is -0.491 e. The Morgan fingerprint density at radius 1 is 0.880 bits per heavy atom. The smallest absolute Gasteiger partial charge is 0.331 e. The monoisotopic (exact) mass is 355 g/mol. The fourth-order valence-corrected chi connectivity index (χ4v) is 1.71. The van der Waals surface area contributed by atoms with Crippen LogP contribution in [0, 0.1) is 0 Å². The van der Waals surface area contributed by atoms with Crippen molar-refractivity contribution in [3.8, 4) is 5.75 Å². The molecule has 0 saturated carbocycles. The van der Waals surface area contributed by atoms with E-state index in [-0.39, 0.29) is 12.5 Å². The van der Waals surface area contributed by atoms with Crippen molar-refractivity contribution in [1.29, 1.82) is 0 Å². The Labute approximate surface area is 147 Å². The largest absolute Gasteiger partial charge is 0.491 e. The second-order valence-corrected chi connectivity index (χ2v) is 4.91. The number of hydrogen-bond donors (Lipinski definition) is 1. The molecular weight excluding hydrogens is 330 g/mol. The summed E-state index contributed by atoms with van der Waals surface area (Å²) in [6, 6.07) is 7.10. The molecule has 0 fully saturated rings. The lowest BCUT2D eigenvalue weighted by Crippen LogP contribution is -2.15. The molecule has 0 heterocycles. The van der Waals surface area contributed by atoms with Crippen LogP contribution in [-0.2, 0) is 28.5 Å². The zero-order valence-corrected chi connectivity index (χ0v) is 14.6. The van der Waals surface area contributed by atoms with Crippen LogP contribution in [0.4, 0.5) is 5.69 Å². The number of carbonyl (C=O) groups is 2. The summed E-state index contributed by atoms with van der Waals surface area (Å²) in [6.07, 6.45) is 0. The van der Waals surface area contributed by atoms with E-state index >= 15 is 0 Å². The molecule has 140 valence electrons. The van der Waals surface area contributed by atoms with Crippen LogP contribution in [0.15, 0.2) is 24.3 Å². The summed E-state index contributed by atoms with van der Waals surface area (Å²) in [5.74, 6) is 0.184. The van der Waals surface area contributed by atoms with Crippen molar-refractivity contribution in [3.05, 3.63) is 24.3 Å². The first-order valence-corrected chi connectivity index (χ1v) is 7.92. The Morgan fingerprint density at radius 2 is 1.44 bits per heavy atom. The van der Waals surface area contributed by atoms with Gasteiger partial charge >= 0.3 is 5.97 Å². The number of ether oxygens (including phenoxy) is 5. The Morgan fingerprint density at radius 3 is 2.00 bits per heavy atom. The standard InChI is InChI=1S/C17H25NO7/c1-14(19)18-15-3-5-16(6-4-15)25-12-11-23-8-7-22-9-10-24-13-17(20)21-2/h3-6H,7-13H2,1-2H3,(H,18,19). The molecule has 8 nitrogen and oxygen atoms in total. The normalized spacial score (nSPS) is 10.3. The van der Waals surface area contributed by atoms with Gasteiger partial charge in [0.25, 0.3) is 0 Å². The van der Waals surface area contributed by atoms with Gasteiger partial charge in [-0.2, -0.15) is 0 Å². The summed E-state index contributed by atoms with van der Waals surface area (Å²) in [6.45, 7) is 3.84. The number of amides is 1. The summed E-state index contributed by atoms with van der Waals surface area (Å²) in [7, 11) is 1.31. The molecule has 1 N–H and O–H groups in total. The second kappa shape index (κ2) is 13.2. The van der Waals surface area contributed by atoms with Crippen molar-refractivity contribution < 1.29 is 33.3 Å². The first-order chi connectivity index (χ1) is 12.1. The predicted molar refractivity (Wildman–Crippen MR) is 90.7 cm³/mol. The molecule has 1 aromatic rings. The number of esters is 1. The number of methoxy groups -OCH3 is 1. The van der Waals surface area contributed by atoms with E-state index in [1.54, 1.807) is 24.3 Å². The van der Waals surface area contributed by atoms with Gasteiger partial charge in [0, 0.05) is 12.6 Å². The van der Waals surface area contributed by atoms with E-state index in [4.69, 9.17) is 18.9 Å². The van der Waals surface area contributed by atoms with Crippen LogP contribution >= 0.6 is 0 Å². The molecule has 0 spiro atoms. The Balaban J connectivity index is 1.93. The lowest BCUT2D eigenvalue weighted by Gasteiger charge is -2.09. The maximum atomic E-state index is 10.9. The second-order valence-electron chi connectivity index (χ2n) is 4.91. The van der Waals surface area contributed by atoms with Crippen LogP contribution in [0.5, 0.6) is 5.75 Å². The number of rotatable bonds is 13. The van der Waals surface area contributed by atoms with Gasteiger partial charge in [-0.25, -0.2) is 4.79 Å². The minimum absolute atomic E-state index is 0.0699.